The monoisotopic (exact) mass is 260 g/mol. The minimum Gasteiger partial charge on any atom is -0.466 e. The molecule has 1 aromatic carbocycles. The topological polar surface area (TPSA) is 42.5 Å². The smallest absolute Gasteiger partial charge is 0.209 e. The van der Waals surface area contributed by atoms with E-state index in [1.807, 2.05) is 6.92 Å². The number of benzene rings is 1. The quantitative estimate of drug-likeness (QED) is 0.449. The van der Waals surface area contributed by atoms with Gasteiger partial charge in [-0.05, 0) is 18.6 Å². The van der Waals surface area contributed by atoms with E-state index in [1.165, 1.54) is 12.1 Å². The minimum absolute atomic E-state index is 0.0531. The molecule has 2 N–H and O–H groups in total. The Morgan fingerprint density at radius 2 is 2.29 bits per heavy atom. The molecule has 0 heterocycles. The molecule has 0 aromatic heterocycles. The third-order valence-electron chi connectivity index (χ3n) is 1.90. The van der Waals surface area contributed by atoms with Crippen LogP contribution in [0.1, 0.15) is 13.3 Å². The molecule has 17 heavy (non-hydrogen) atoms. The summed E-state index contributed by atoms with van der Waals surface area (Å²) in [5.41, 5.74) is 5.92. The first-order valence-electron chi connectivity index (χ1n) is 5.02. The summed E-state index contributed by atoms with van der Waals surface area (Å²) in [4.78, 5) is 4.88. The first-order valence-corrected chi connectivity index (χ1v) is 5.39. The molecule has 0 unspecified atom stereocenters. The van der Waals surface area contributed by atoms with Gasteiger partial charge in [-0.2, -0.15) is 0 Å². The normalized spacial score (nSPS) is 10.1. The standard InChI is InChI=1S/C11H14ClFN2O2/c1-3-8(2)14-15-17-7-16-9-4-5-10(12)11(13)6-9/h4-6,14-15H,2-3,7H2,1H3. The Morgan fingerprint density at radius 1 is 1.53 bits per heavy atom. The highest BCUT2D eigenvalue weighted by molar-refractivity contribution is 6.30. The van der Waals surface area contributed by atoms with Gasteiger partial charge in [0.05, 0.1) is 5.02 Å². The Balaban J connectivity index is 2.22. The number of halogens is 2. The van der Waals surface area contributed by atoms with Crippen LogP contribution in [0.15, 0.2) is 30.5 Å². The number of allylic oxidation sites excluding steroid dienone is 1. The summed E-state index contributed by atoms with van der Waals surface area (Å²) in [7, 11) is 0. The van der Waals surface area contributed by atoms with Crippen LogP contribution in [0, 0.1) is 5.82 Å². The number of hydrogen-bond acceptors (Lipinski definition) is 4. The molecule has 94 valence electrons. The summed E-state index contributed by atoms with van der Waals surface area (Å²) in [5.74, 6) is -0.197. The molecule has 0 saturated heterocycles. The summed E-state index contributed by atoms with van der Waals surface area (Å²) in [6.07, 6.45) is 0.777. The van der Waals surface area contributed by atoms with Gasteiger partial charge in [0.2, 0.25) is 6.79 Å². The van der Waals surface area contributed by atoms with Crippen molar-refractivity contribution in [1.82, 2.24) is 11.0 Å². The molecule has 0 spiro atoms. The van der Waals surface area contributed by atoms with Gasteiger partial charge >= 0.3 is 0 Å². The average Bonchev–Trinajstić information content (AvgIpc) is 2.33. The number of rotatable bonds is 7. The lowest BCUT2D eigenvalue weighted by Crippen LogP contribution is -2.31. The van der Waals surface area contributed by atoms with Crippen molar-refractivity contribution in [3.05, 3.63) is 41.3 Å². The molecule has 0 aliphatic rings. The predicted octanol–water partition coefficient (Wildman–Crippen LogP) is 2.76. The maximum Gasteiger partial charge on any atom is 0.209 e. The van der Waals surface area contributed by atoms with Crippen LogP contribution >= 0.6 is 11.6 Å². The van der Waals surface area contributed by atoms with Crippen molar-refractivity contribution in [1.29, 1.82) is 0 Å². The van der Waals surface area contributed by atoms with Crippen LogP contribution in [0.3, 0.4) is 0 Å². The summed E-state index contributed by atoms with van der Waals surface area (Å²) < 4.78 is 18.1. The van der Waals surface area contributed by atoms with Crippen molar-refractivity contribution in [2.45, 2.75) is 13.3 Å². The van der Waals surface area contributed by atoms with E-state index in [4.69, 9.17) is 21.2 Å². The highest BCUT2D eigenvalue weighted by Crippen LogP contribution is 2.20. The number of nitrogens with one attached hydrogen (secondary N) is 2. The van der Waals surface area contributed by atoms with Gasteiger partial charge in [0.15, 0.2) is 0 Å². The second kappa shape index (κ2) is 7.11. The fraction of sp³-hybridized carbons (Fsp3) is 0.273. The zero-order valence-electron chi connectivity index (χ0n) is 9.43. The molecule has 0 radical (unpaired) electrons. The van der Waals surface area contributed by atoms with Crippen molar-refractivity contribution in [3.63, 3.8) is 0 Å². The molecule has 6 heteroatoms. The van der Waals surface area contributed by atoms with Gasteiger partial charge in [-0.15, -0.1) is 5.59 Å². The zero-order chi connectivity index (χ0) is 12.7. The van der Waals surface area contributed by atoms with E-state index in [0.717, 1.165) is 12.1 Å². The molecule has 4 nitrogen and oxygen atoms in total. The minimum atomic E-state index is -0.533. The van der Waals surface area contributed by atoms with E-state index in [0.29, 0.717) is 5.75 Å². The first kappa shape index (κ1) is 13.8. The first-order chi connectivity index (χ1) is 8.13. The molecular weight excluding hydrogens is 247 g/mol. The molecule has 0 bridgehead atoms. The van der Waals surface area contributed by atoms with Gasteiger partial charge in [0.25, 0.3) is 0 Å². The van der Waals surface area contributed by atoms with E-state index >= 15 is 0 Å². The van der Waals surface area contributed by atoms with Crippen LogP contribution in [0.2, 0.25) is 5.02 Å². The summed E-state index contributed by atoms with van der Waals surface area (Å²) in [6.45, 7) is 5.56. The van der Waals surface area contributed by atoms with Crippen LogP contribution in [0.5, 0.6) is 5.75 Å². The van der Waals surface area contributed by atoms with Gasteiger partial charge in [0, 0.05) is 11.8 Å². The van der Waals surface area contributed by atoms with Crippen LogP contribution in [0.25, 0.3) is 0 Å². The van der Waals surface area contributed by atoms with Crippen molar-refractivity contribution in [2.24, 2.45) is 0 Å². The van der Waals surface area contributed by atoms with Gasteiger partial charge in [-0.1, -0.05) is 25.1 Å². The molecule has 0 aliphatic carbocycles. The average molecular weight is 261 g/mol. The molecule has 1 rings (SSSR count). The van der Waals surface area contributed by atoms with E-state index < -0.39 is 5.82 Å². The summed E-state index contributed by atoms with van der Waals surface area (Å²) >= 11 is 5.52. The van der Waals surface area contributed by atoms with Gasteiger partial charge in [0.1, 0.15) is 11.6 Å². The fourth-order valence-electron chi connectivity index (χ4n) is 0.890. The van der Waals surface area contributed by atoms with Crippen molar-refractivity contribution in [3.8, 4) is 5.75 Å². The second-order valence-electron chi connectivity index (χ2n) is 3.17. The van der Waals surface area contributed by atoms with Gasteiger partial charge in [-0.3, -0.25) is 0 Å². The Labute approximate surface area is 104 Å². The van der Waals surface area contributed by atoms with Crippen molar-refractivity contribution >= 4 is 11.6 Å². The Morgan fingerprint density at radius 3 is 2.94 bits per heavy atom. The highest BCUT2D eigenvalue weighted by atomic mass is 35.5. The largest absolute Gasteiger partial charge is 0.466 e. The van der Waals surface area contributed by atoms with Crippen LogP contribution < -0.4 is 15.8 Å². The van der Waals surface area contributed by atoms with Crippen LogP contribution in [0.4, 0.5) is 4.39 Å². The maximum atomic E-state index is 13.0. The third kappa shape index (κ3) is 5.04. The second-order valence-corrected chi connectivity index (χ2v) is 3.57. The Hall–Kier alpha value is -1.30. The zero-order valence-corrected chi connectivity index (χ0v) is 10.2. The molecular formula is C11H14ClFN2O2. The Bertz CT molecular complexity index is 388. The molecule has 0 fully saturated rings. The number of hydrazine groups is 1. The van der Waals surface area contributed by atoms with Crippen LogP contribution in [-0.2, 0) is 4.84 Å². The fourth-order valence-corrected chi connectivity index (χ4v) is 1.01. The lowest BCUT2D eigenvalue weighted by molar-refractivity contribution is -0.0626. The molecule has 0 aliphatic heterocycles. The van der Waals surface area contributed by atoms with Gasteiger partial charge < -0.3 is 10.2 Å². The van der Waals surface area contributed by atoms with Gasteiger partial charge in [-0.25, -0.2) is 9.23 Å². The lowest BCUT2D eigenvalue weighted by Gasteiger charge is -2.10. The Kier molecular flexibility index (Phi) is 5.76. The third-order valence-corrected chi connectivity index (χ3v) is 2.21. The van der Waals surface area contributed by atoms with Crippen molar-refractivity contribution in [2.75, 3.05) is 6.79 Å². The number of ether oxygens (including phenoxy) is 1. The van der Waals surface area contributed by atoms with E-state index in [-0.39, 0.29) is 11.8 Å². The molecule has 0 amide bonds. The number of hydrogen-bond donors (Lipinski definition) is 2. The summed E-state index contributed by atoms with van der Waals surface area (Å²) in [6, 6.07) is 4.15. The van der Waals surface area contributed by atoms with E-state index in [2.05, 4.69) is 17.6 Å². The predicted molar refractivity (Wildman–Crippen MR) is 63.7 cm³/mol. The van der Waals surface area contributed by atoms with Crippen molar-refractivity contribution < 1.29 is 14.0 Å². The molecule has 1 aromatic rings. The summed E-state index contributed by atoms with van der Waals surface area (Å²) in [5, 5.41) is 0.0531. The van der Waals surface area contributed by atoms with Crippen LogP contribution in [-0.4, -0.2) is 6.79 Å². The maximum absolute atomic E-state index is 13.0. The SMILES string of the molecule is C=C(CC)NNOCOc1ccc(Cl)c(F)c1. The molecule has 0 atom stereocenters. The van der Waals surface area contributed by atoms with E-state index in [1.54, 1.807) is 6.07 Å². The van der Waals surface area contributed by atoms with E-state index in [9.17, 15) is 4.39 Å². The molecule has 0 saturated carbocycles. The highest BCUT2D eigenvalue weighted by Gasteiger charge is 2.01. The lowest BCUT2D eigenvalue weighted by atomic mass is 10.3.